The van der Waals surface area contributed by atoms with E-state index in [1.54, 1.807) is 0 Å². The van der Waals surface area contributed by atoms with E-state index in [0.717, 1.165) is 22.9 Å². The highest BCUT2D eigenvalue weighted by molar-refractivity contribution is 9.10. The molecule has 1 aliphatic carbocycles. The molecule has 80 valence electrons. The summed E-state index contributed by atoms with van der Waals surface area (Å²) in [4.78, 5) is 15.5. The molecule has 3 nitrogen and oxygen atoms in total. The maximum Gasteiger partial charge on any atom is 0.220 e. The maximum atomic E-state index is 11.3. The molecule has 0 spiro atoms. The first-order chi connectivity index (χ1) is 7.22. The van der Waals surface area contributed by atoms with Crippen molar-refractivity contribution in [1.82, 2.24) is 10.3 Å². The molecule has 0 bridgehead atoms. The Hall–Kier alpha value is -0.900. The maximum absolute atomic E-state index is 11.3. The second kappa shape index (κ2) is 4.31. The van der Waals surface area contributed by atoms with Crippen molar-refractivity contribution in [1.29, 1.82) is 0 Å². The van der Waals surface area contributed by atoms with E-state index in [9.17, 15) is 4.79 Å². The quantitative estimate of drug-likeness (QED) is 0.895. The second-order valence-electron chi connectivity index (χ2n) is 3.70. The van der Waals surface area contributed by atoms with Gasteiger partial charge >= 0.3 is 0 Å². The summed E-state index contributed by atoms with van der Waals surface area (Å²) in [6.45, 7) is 1.87. The molecule has 0 radical (unpaired) electrons. The smallest absolute Gasteiger partial charge is 0.220 e. The first-order valence-corrected chi connectivity index (χ1v) is 5.93. The Balaban J connectivity index is 2.21. The van der Waals surface area contributed by atoms with Crippen LogP contribution < -0.4 is 5.32 Å². The highest BCUT2D eigenvalue weighted by Crippen LogP contribution is 2.34. The Kier molecular flexibility index (Phi) is 3.05. The van der Waals surface area contributed by atoms with Gasteiger partial charge in [0.1, 0.15) is 0 Å². The zero-order valence-corrected chi connectivity index (χ0v) is 10.2. The van der Waals surface area contributed by atoms with Gasteiger partial charge in [0.15, 0.2) is 0 Å². The predicted octanol–water partition coefficient (Wildman–Crippen LogP) is 2.36. The van der Waals surface area contributed by atoms with Crippen LogP contribution in [0.3, 0.4) is 0 Å². The summed E-state index contributed by atoms with van der Waals surface area (Å²) in [5.74, 6) is 0.104. The third-order valence-corrected chi connectivity index (χ3v) is 3.44. The average molecular weight is 269 g/mol. The van der Waals surface area contributed by atoms with E-state index >= 15 is 0 Å². The lowest BCUT2D eigenvalue weighted by molar-refractivity contribution is -0.121. The predicted molar refractivity (Wildman–Crippen MR) is 61.4 cm³/mol. The van der Waals surface area contributed by atoms with E-state index < -0.39 is 0 Å². The molecule has 0 unspecified atom stereocenters. The first-order valence-electron chi connectivity index (χ1n) is 5.14. The van der Waals surface area contributed by atoms with Crippen LogP contribution >= 0.6 is 15.9 Å². The number of carbonyl (C=O) groups is 1. The first kappa shape index (κ1) is 10.6. The van der Waals surface area contributed by atoms with Crippen LogP contribution in [0.4, 0.5) is 0 Å². The molecular weight excluding hydrogens is 256 g/mol. The lowest BCUT2D eigenvalue weighted by Crippen LogP contribution is -2.26. The highest BCUT2D eigenvalue weighted by Gasteiger charge is 2.25. The molecule has 1 N–H and O–H groups in total. The van der Waals surface area contributed by atoms with Gasteiger partial charge in [0.25, 0.3) is 0 Å². The van der Waals surface area contributed by atoms with Crippen LogP contribution in [0.5, 0.6) is 0 Å². The normalized spacial score (nSPS) is 18.7. The summed E-state index contributed by atoms with van der Waals surface area (Å²) in [7, 11) is 0. The van der Waals surface area contributed by atoms with E-state index in [1.165, 1.54) is 5.56 Å². The van der Waals surface area contributed by atoms with Crippen LogP contribution in [0.1, 0.15) is 36.9 Å². The molecule has 1 aromatic heterocycles. The summed E-state index contributed by atoms with van der Waals surface area (Å²) in [5, 5.41) is 3.01. The minimum Gasteiger partial charge on any atom is -0.349 e. The van der Waals surface area contributed by atoms with Crippen LogP contribution in [-0.2, 0) is 11.2 Å². The Morgan fingerprint density at radius 1 is 1.67 bits per heavy atom. The number of carbonyl (C=O) groups excluding carboxylic acids is 1. The number of pyridine rings is 1. The van der Waals surface area contributed by atoms with Crippen molar-refractivity contribution in [2.24, 2.45) is 0 Å². The Labute approximate surface area is 97.4 Å². The topological polar surface area (TPSA) is 42.0 Å². The summed E-state index contributed by atoms with van der Waals surface area (Å²) in [6.07, 6.45) is 6.18. The standard InChI is InChI=1S/C11H13BrN2O/c1-2-11(15)14-10-4-3-7-8(10)5-13-6-9(7)12/h5-6,10H,2-4H2,1H3,(H,14,15)/t10-/m0/s1. The Morgan fingerprint density at radius 3 is 3.20 bits per heavy atom. The fourth-order valence-corrected chi connectivity index (χ4v) is 2.48. The molecule has 1 aliphatic rings. The van der Waals surface area contributed by atoms with Crippen molar-refractivity contribution in [3.8, 4) is 0 Å². The van der Waals surface area contributed by atoms with E-state index in [1.807, 2.05) is 19.3 Å². The van der Waals surface area contributed by atoms with Crippen LogP contribution in [0.25, 0.3) is 0 Å². The van der Waals surface area contributed by atoms with Crippen molar-refractivity contribution >= 4 is 21.8 Å². The minimum atomic E-state index is 0.104. The van der Waals surface area contributed by atoms with Gasteiger partial charge in [0.05, 0.1) is 6.04 Å². The van der Waals surface area contributed by atoms with Gasteiger partial charge in [-0.05, 0) is 39.9 Å². The molecule has 15 heavy (non-hydrogen) atoms. The van der Waals surface area contributed by atoms with Crippen molar-refractivity contribution < 1.29 is 4.79 Å². The van der Waals surface area contributed by atoms with Gasteiger partial charge in [-0.2, -0.15) is 0 Å². The van der Waals surface area contributed by atoms with Gasteiger partial charge in [-0.15, -0.1) is 0 Å². The van der Waals surface area contributed by atoms with Gasteiger partial charge in [0, 0.05) is 23.3 Å². The molecule has 1 atom stereocenters. The number of amides is 1. The number of nitrogens with one attached hydrogen (secondary N) is 1. The molecule has 4 heteroatoms. The molecule has 0 saturated carbocycles. The Bertz CT molecular complexity index is 392. The summed E-state index contributed by atoms with van der Waals surface area (Å²) in [6, 6.07) is 0.150. The molecule has 0 aromatic carbocycles. The zero-order chi connectivity index (χ0) is 10.8. The van der Waals surface area contributed by atoms with Crippen LogP contribution in [0.15, 0.2) is 16.9 Å². The van der Waals surface area contributed by atoms with Crippen LogP contribution in [0, 0.1) is 0 Å². The third-order valence-electron chi connectivity index (χ3n) is 2.75. The van der Waals surface area contributed by atoms with Crippen LogP contribution in [-0.4, -0.2) is 10.9 Å². The van der Waals surface area contributed by atoms with E-state index in [2.05, 4.69) is 26.2 Å². The van der Waals surface area contributed by atoms with E-state index in [-0.39, 0.29) is 11.9 Å². The fourth-order valence-electron chi connectivity index (χ4n) is 1.93. The van der Waals surface area contributed by atoms with Crippen molar-refractivity contribution in [3.63, 3.8) is 0 Å². The number of rotatable bonds is 2. The summed E-state index contributed by atoms with van der Waals surface area (Å²) < 4.78 is 1.05. The van der Waals surface area contributed by atoms with Crippen molar-refractivity contribution in [2.45, 2.75) is 32.2 Å². The molecule has 2 rings (SSSR count). The SMILES string of the molecule is CCC(=O)N[C@H]1CCc2c(Br)cncc21. The van der Waals surface area contributed by atoms with Crippen molar-refractivity contribution in [3.05, 3.63) is 28.0 Å². The van der Waals surface area contributed by atoms with E-state index in [0.29, 0.717) is 6.42 Å². The van der Waals surface area contributed by atoms with Gasteiger partial charge < -0.3 is 5.32 Å². The largest absolute Gasteiger partial charge is 0.349 e. The molecule has 0 fully saturated rings. The highest BCUT2D eigenvalue weighted by atomic mass is 79.9. The third kappa shape index (κ3) is 2.04. The van der Waals surface area contributed by atoms with Crippen molar-refractivity contribution in [2.75, 3.05) is 0 Å². The number of fused-ring (bicyclic) bond motifs is 1. The minimum absolute atomic E-state index is 0.104. The number of halogens is 1. The second-order valence-corrected chi connectivity index (χ2v) is 4.56. The number of hydrogen-bond donors (Lipinski definition) is 1. The fraction of sp³-hybridized carbons (Fsp3) is 0.455. The summed E-state index contributed by atoms with van der Waals surface area (Å²) >= 11 is 3.48. The van der Waals surface area contributed by atoms with Gasteiger partial charge in [-0.3, -0.25) is 9.78 Å². The molecule has 1 aromatic rings. The molecule has 0 aliphatic heterocycles. The van der Waals surface area contributed by atoms with Crippen LogP contribution in [0.2, 0.25) is 0 Å². The average Bonchev–Trinajstić information content (AvgIpc) is 2.63. The van der Waals surface area contributed by atoms with Gasteiger partial charge in [-0.25, -0.2) is 0 Å². The van der Waals surface area contributed by atoms with Gasteiger partial charge in [0.2, 0.25) is 5.91 Å². The zero-order valence-electron chi connectivity index (χ0n) is 8.59. The van der Waals surface area contributed by atoms with Gasteiger partial charge in [-0.1, -0.05) is 6.92 Å². The number of nitrogens with zero attached hydrogens (tertiary/aromatic N) is 1. The molecule has 0 saturated heterocycles. The lowest BCUT2D eigenvalue weighted by Gasteiger charge is -2.12. The molecule has 1 heterocycles. The number of hydrogen-bond acceptors (Lipinski definition) is 2. The summed E-state index contributed by atoms with van der Waals surface area (Å²) in [5.41, 5.74) is 2.44. The Morgan fingerprint density at radius 2 is 2.47 bits per heavy atom. The molecule has 1 amide bonds. The van der Waals surface area contributed by atoms with E-state index in [4.69, 9.17) is 0 Å². The molecular formula is C11H13BrN2O. The lowest BCUT2D eigenvalue weighted by atomic mass is 10.1. The monoisotopic (exact) mass is 268 g/mol. The number of aromatic nitrogens is 1.